The van der Waals surface area contributed by atoms with Gasteiger partial charge in [0.25, 0.3) is 0 Å². The zero-order valence-electron chi connectivity index (χ0n) is 24.9. The molecule has 0 radical (unpaired) electrons. The molecule has 2 fully saturated rings. The lowest BCUT2D eigenvalue weighted by molar-refractivity contribution is 0.342. The second-order valence-corrected chi connectivity index (χ2v) is 13.5. The van der Waals surface area contributed by atoms with Crippen LogP contribution in [0, 0.1) is 0 Å². The number of hydrogen-bond acceptors (Lipinski definition) is 1. The van der Waals surface area contributed by atoms with E-state index < -0.39 is 0 Å². The molecule has 0 spiro atoms. The molecule has 2 saturated carbocycles. The minimum atomic E-state index is 0.690. The normalized spacial score (nSPS) is 23.1. The van der Waals surface area contributed by atoms with Gasteiger partial charge in [0.05, 0.1) is 5.69 Å². The minimum absolute atomic E-state index is 0.690. The molecule has 11 rings (SSSR count). The van der Waals surface area contributed by atoms with Crippen LogP contribution in [0.25, 0.3) is 22.3 Å². The van der Waals surface area contributed by atoms with E-state index in [1.807, 2.05) is 0 Å². The van der Waals surface area contributed by atoms with E-state index in [1.165, 1.54) is 85.0 Å². The molecule has 0 unspecified atom stereocenters. The van der Waals surface area contributed by atoms with E-state index in [0.717, 1.165) is 11.8 Å². The van der Waals surface area contributed by atoms with Crippen LogP contribution in [0.15, 0.2) is 115 Å². The lowest BCUT2D eigenvalue weighted by Gasteiger charge is -2.48. The molecule has 0 N–H and O–H groups in total. The highest BCUT2D eigenvalue weighted by Gasteiger charge is 2.43. The average Bonchev–Trinajstić information content (AvgIpc) is 3.10. The molecule has 0 aromatic heterocycles. The average molecular weight is 558 g/mol. The Morgan fingerprint density at radius 1 is 0.372 bits per heavy atom. The van der Waals surface area contributed by atoms with E-state index >= 15 is 0 Å². The highest BCUT2D eigenvalue weighted by Crippen LogP contribution is 2.61. The van der Waals surface area contributed by atoms with Crippen molar-refractivity contribution < 1.29 is 0 Å². The zero-order valence-corrected chi connectivity index (χ0v) is 24.9. The van der Waals surface area contributed by atoms with Crippen LogP contribution in [-0.2, 0) is 0 Å². The molecular weight excluding hydrogens is 518 g/mol. The smallest absolute Gasteiger partial charge is 0.0536 e. The molecule has 212 valence electrons. The van der Waals surface area contributed by atoms with Crippen LogP contribution in [0.2, 0.25) is 0 Å². The number of fused-ring (bicyclic) bond motifs is 4. The fraction of sp³-hybridized carbons (Fsp3) is 0.286. The summed E-state index contributed by atoms with van der Waals surface area (Å²) in [6.07, 6.45) is 10.9. The first-order chi connectivity index (χ1) is 21.3. The van der Waals surface area contributed by atoms with Crippen LogP contribution in [0.5, 0.6) is 0 Å². The lowest BCUT2D eigenvalue weighted by atomic mass is 9.60. The van der Waals surface area contributed by atoms with Gasteiger partial charge in [0, 0.05) is 11.4 Å². The molecule has 5 aromatic carbocycles. The van der Waals surface area contributed by atoms with Gasteiger partial charge in [0.15, 0.2) is 0 Å². The summed E-state index contributed by atoms with van der Waals surface area (Å²) < 4.78 is 0. The summed E-state index contributed by atoms with van der Waals surface area (Å²) in [6, 6.07) is 43.2. The van der Waals surface area contributed by atoms with Crippen LogP contribution in [0.1, 0.15) is 97.3 Å². The Balaban J connectivity index is 1.26. The Bertz CT molecular complexity index is 1620. The summed E-state index contributed by atoms with van der Waals surface area (Å²) in [7, 11) is 0. The van der Waals surface area contributed by atoms with E-state index in [1.54, 1.807) is 27.9 Å². The van der Waals surface area contributed by atoms with Crippen LogP contribution >= 0.6 is 0 Å². The van der Waals surface area contributed by atoms with Crippen molar-refractivity contribution in [1.82, 2.24) is 0 Å². The first-order valence-electron chi connectivity index (χ1n) is 16.6. The summed E-state index contributed by atoms with van der Waals surface area (Å²) >= 11 is 0. The maximum atomic E-state index is 2.73. The molecule has 1 nitrogen and oxygen atoms in total. The topological polar surface area (TPSA) is 3.24 Å². The second kappa shape index (κ2) is 10.3. The van der Waals surface area contributed by atoms with Crippen molar-refractivity contribution in [2.45, 2.75) is 75.0 Å². The van der Waals surface area contributed by atoms with E-state index in [9.17, 15) is 0 Å². The van der Waals surface area contributed by atoms with E-state index in [-0.39, 0.29) is 0 Å². The molecule has 5 aromatic rings. The van der Waals surface area contributed by atoms with Crippen LogP contribution < -0.4 is 4.90 Å². The van der Waals surface area contributed by atoms with Crippen LogP contribution in [0.4, 0.5) is 17.1 Å². The van der Waals surface area contributed by atoms with Crippen molar-refractivity contribution >= 4 is 17.1 Å². The molecule has 6 aliphatic rings. The molecule has 1 heteroatoms. The quantitative estimate of drug-likeness (QED) is 0.208. The highest BCUT2D eigenvalue weighted by atomic mass is 15.1. The molecule has 0 heterocycles. The SMILES string of the molecule is c1ccc(-c2ccc(N(c3ccc(-c4ccccc4)cc3)c3c4c(cc5c3C3CCC5CC3)C3CCC4CC3)cc2)cc1. The second-order valence-electron chi connectivity index (χ2n) is 13.5. The first-order valence-corrected chi connectivity index (χ1v) is 16.6. The van der Waals surface area contributed by atoms with Gasteiger partial charge in [-0.3, -0.25) is 0 Å². The van der Waals surface area contributed by atoms with Crippen LogP contribution in [0.3, 0.4) is 0 Å². The van der Waals surface area contributed by atoms with Crippen molar-refractivity contribution in [3.8, 4) is 22.3 Å². The third-order valence-electron chi connectivity index (χ3n) is 11.3. The van der Waals surface area contributed by atoms with Gasteiger partial charge in [0.2, 0.25) is 0 Å². The molecule has 6 aliphatic carbocycles. The van der Waals surface area contributed by atoms with Gasteiger partial charge in [-0.15, -0.1) is 0 Å². The minimum Gasteiger partial charge on any atom is -0.310 e. The summed E-state index contributed by atoms with van der Waals surface area (Å²) in [5.41, 5.74) is 16.0. The Labute approximate surface area is 256 Å². The van der Waals surface area contributed by atoms with E-state index in [4.69, 9.17) is 0 Å². The highest BCUT2D eigenvalue weighted by molar-refractivity contribution is 5.86. The van der Waals surface area contributed by atoms with Crippen molar-refractivity contribution in [2.24, 2.45) is 0 Å². The predicted octanol–water partition coefficient (Wildman–Crippen LogP) is 12.0. The van der Waals surface area contributed by atoms with Crippen molar-refractivity contribution in [2.75, 3.05) is 4.90 Å². The van der Waals surface area contributed by atoms with Crippen LogP contribution in [-0.4, -0.2) is 0 Å². The Morgan fingerprint density at radius 2 is 0.721 bits per heavy atom. The molecule has 0 aliphatic heterocycles. The maximum Gasteiger partial charge on any atom is 0.0536 e. The van der Waals surface area contributed by atoms with Crippen molar-refractivity contribution in [3.05, 3.63) is 138 Å². The Morgan fingerprint density at radius 3 is 1.12 bits per heavy atom. The monoisotopic (exact) mass is 557 g/mol. The molecule has 0 amide bonds. The van der Waals surface area contributed by atoms with Gasteiger partial charge in [-0.25, -0.2) is 0 Å². The maximum absolute atomic E-state index is 2.73. The largest absolute Gasteiger partial charge is 0.310 e. The third-order valence-corrected chi connectivity index (χ3v) is 11.3. The predicted molar refractivity (Wildman–Crippen MR) is 180 cm³/mol. The fourth-order valence-electron chi connectivity index (χ4n) is 9.18. The van der Waals surface area contributed by atoms with Gasteiger partial charge >= 0.3 is 0 Å². The number of benzene rings is 5. The molecule has 43 heavy (non-hydrogen) atoms. The van der Waals surface area contributed by atoms with Gasteiger partial charge < -0.3 is 4.90 Å². The molecular formula is C42H39N. The number of anilines is 3. The summed E-state index contributed by atoms with van der Waals surface area (Å²) in [6.45, 7) is 0. The number of nitrogens with zero attached hydrogens (tertiary/aromatic N) is 1. The summed E-state index contributed by atoms with van der Waals surface area (Å²) in [4.78, 5) is 2.68. The first kappa shape index (κ1) is 25.4. The standard InChI is InChI=1S/C42H39N/c1-3-7-28(8-4-1)30-19-23-36(24-20-30)43(37-25-21-31(22-26-37)29-9-5-2-6-10-29)42-40-34-15-11-32(12-16-34)38(40)27-39-33-13-17-35(18-14-33)41(39)42/h1-10,19-27,32-35H,11-18H2. The third kappa shape index (κ3) is 4.20. The number of rotatable bonds is 5. The van der Waals surface area contributed by atoms with Gasteiger partial charge in [-0.2, -0.15) is 0 Å². The molecule has 0 atom stereocenters. The molecule has 4 bridgehead atoms. The zero-order chi connectivity index (χ0) is 28.3. The molecule has 0 saturated heterocycles. The van der Waals surface area contributed by atoms with E-state index in [2.05, 4.69) is 120 Å². The summed E-state index contributed by atoms with van der Waals surface area (Å²) in [5.74, 6) is 2.87. The van der Waals surface area contributed by atoms with E-state index in [0.29, 0.717) is 11.8 Å². The summed E-state index contributed by atoms with van der Waals surface area (Å²) in [5, 5.41) is 0. The Kier molecular flexibility index (Phi) is 6.06. The lowest BCUT2D eigenvalue weighted by Crippen LogP contribution is -2.31. The number of hydrogen-bond donors (Lipinski definition) is 0. The Hall–Kier alpha value is -4.10. The van der Waals surface area contributed by atoms with Gasteiger partial charge in [0.1, 0.15) is 0 Å². The fourth-order valence-corrected chi connectivity index (χ4v) is 9.18. The van der Waals surface area contributed by atoms with Gasteiger partial charge in [-0.05, 0) is 144 Å². The van der Waals surface area contributed by atoms with Crippen molar-refractivity contribution in [1.29, 1.82) is 0 Å². The van der Waals surface area contributed by atoms with Crippen molar-refractivity contribution in [3.63, 3.8) is 0 Å². The van der Waals surface area contributed by atoms with Gasteiger partial charge in [-0.1, -0.05) is 91.0 Å².